The van der Waals surface area contributed by atoms with Gasteiger partial charge < -0.3 is 19.2 Å². The molecule has 2 heterocycles. The molecule has 18 heavy (non-hydrogen) atoms. The Labute approximate surface area is 104 Å². The highest BCUT2D eigenvalue weighted by Crippen LogP contribution is 2.17. The van der Waals surface area contributed by atoms with Crippen LogP contribution in [0.2, 0.25) is 0 Å². The smallest absolute Gasteiger partial charge is 0.339 e. The van der Waals surface area contributed by atoms with Crippen LogP contribution in [0, 0.1) is 0 Å². The van der Waals surface area contributed by atoms with Crippen LogP contribution in [0.25, 0.3) is 0 Å². The van der Waals surface area contributed by atoms with E-state index in [1.165, 1.54) is 12.3 Å². The van der Waals surface area contributed by atoms with Crippen LogP contribution in [0.15, 0.2) is 16.7 Å². The van der Waals surface area contributed by atoms with Gasteiger partial charge in [-0.05, 0) is 19.9 Å². The van der Waals surface area contributed by atoms with Gasteiger partial charge in [-0.1, -0.05) is 0 Å². The summed E-state index contributed by atoms with van der Waals surface area (Å²) in [5.41, 5.74) is -0.105. The van der Waals surface area contributed by atoms with Crippen LogP contribution in [-0.4, -0.2) is 47.2 Å². The molecule has 1 N–H and O–H groups in total. The van der Waals surface area contributed by atoms with E-state index in [9.17, 15) is 9.59 Å². The Morgan fingerprint density at radius 2 is 1.94 bits per heavy atom. The quantitative estimate of drug-likeness (QED) is 0.857. The van der Waals surface area contributed by atoms with Crippen molar-refractivity contribution in [3.63, 3.8) is 0 Å². The molecule has 1 aromatic rings. The summed E-state index contributed by atoms with van der Waals surface area (Å²) in [6, 6.07) is 1.28. The van der Waals surface area contributed by atoms with E-state index in [4.69, 9.17) is 14.3 Å². The molecule has 0 saturated carbocycles. The Kier molecular flexibility index (Phi) is 3.38. The van der Waals surface area contributed by atoms with Crippen LogP contribution in [0.1, 0.15) is 34.8 Å². The average molecular weight is 253 g/mol. The minimum absolute atomic E-state index is 0.0686. The van der Waals surface area contributed by atoms with E-state index in [2.05, 4.69) is 0 Å². The maximum atomic E-state index is 12.2. The number of aromatic carboxylic acids is 1. The Bertz CT molecular complexity index is 457. The molecule has 0 aromatic carbocycles. The Morgan fingerprint density at radius 3 is 2.50 bits per heavy atom. The second-order valence-electron chi connectivity index (χ2n) is 4.44. The van der Waals surface area contributed by atoms with Gasteiger partial charge in [-0.3, -0.25) is 4.79 Å². The van der Waals surface area contributed by atoms with Crippen molar-refractivity contribution in [1.29, 1.82) is 0 Å². The number of carbonyl (C=O) groups excluding carboxylic acids is 1. The topological polar surface area (TPSA) is 80.0 Å². The van der Waals surface area contributed by atoms with E-state index in [1.54, 1.807) is 4.90 Å². The minimum atomic E-state index is -1.17. The first-order valence-corrected chi connectivity index (χ1v) is 5.74. The summed E-state index contributed by atoms with van der Waals surface area (Å²) in [5.74, 6) is -1.69. The molecule has 0 unspecified atom stereocenters. The number of nitrogens with zero attached hydrogens (tertiary/aromatic N) is 1. The number of morpholine rings is 1. The van der Waals surface area contributed by atoms with Gasteiger partial charge in [0.1, 0.15) is 5.56 Å². The highest BCUT2D eigenvalue weighted by molar-refractivity contribution is 6.02. The van der Waals surface area contributed by atoms with E-state index >= 15 is 0 Å². The fraction of sp³-hybridized carbons (Fsp3) is 0.500. The van der Waals surface area contributed by atoms with Gasteiger partial charge in [0.15, 0.2) is 0 Å². The molecule has 1 aromatic heterocycles. The molecule has 1 aliphatic heterocycles. The van der Waals surface area contributed by atoms with Crippen LogP contribution < -0.4 is 0 Å². The van der Waals surface area contributed by atoms with Crippen molar-refractivity contribution in [2.24, 2.45) is 0 Å². The van der Waals surface area contributed by atoms with Crippen LogP contribution >= 0.6 is 0 Å². The molecule has 2 atom stereocenters. The predicted octanol–water partition coefficient (Wildman–Crippen LogP) is 1.23. The number of carboxylic acids is 1. The lowest BCUT2D eigenvalue weighted by Crippen LogP contribution is -2.48. The standard InChI is InChI=1S/C12H15NO5/c1-7-5-13(6-8(2)18-7)11(14)10-9(12(15)16)3-4-17-10/h3-4,7-8H,5-6H2,1-2H3,(H,15,16)/t7-,8+. The maximum absolute atomic E-state index is 12.2. The molecule has 1 amide bonds. The molecule has 1 fully saturated rings. The van der Waals surface area contributed by atoms with Gasteiger partial charge in [-0.15, -0.1) is 0 Å². The van der Waals surface area contributed by atoms with E-state index in [-0.39, 0.29) is 23.5 Å². The van der Waals surface area contributed by atoms with Crippen molar-refractivity contribution in [1.82, 2.24) is 4.90 Å². The van der Waals surface area contributed by atoms with Crippen molar-refractivity contribution in [3.8, 4) is 0 Å². The van der Waals surface area contributed by atoms with Crippen LogP contribution in [-0.2, 0) is 4.74 Å². The summed E-state index contributed by atoms with van der Waals surface area (Å²) in [6.07, 6.45) is 1.08. The third-order valence-corrected chi connectivity index (χ3v) is 2.80. The summed E-state index contributed by atoms with van der Waals surface area (Å²) in [7, 11) is 0. The molecule has 98 valence electrons. The van der Waals surface area contributed by atoms with Crippen molar-refractivity contribution in [2.75, 3.05) is 13.1 Å². The first-order valence-electron chi connectivity index (χ1n) is 5.74. The molecule has 0 radical (unpaired) electrons. The van der Waals surface area contributed by atoms with E-state index in [1.807, 2.05) is 13.8 Å². The number of furan rings is 1. The van der Waals surface area contributed by atoms with Gasteiger partial charge >= 0.3 is 5.97 Å². The van der Waals surface area contributed by atoms with E-state index < -0.39 is 11.9 Å². The number of amides is 1. The number of hydrogen-bond acceptors (Lipinski definition) is 4. The molecule has 6 nitrogen and oxygen atoms in total. The lowest BCUT2D eigenvalue weighted by Gasteiger charge is -2.34. The van der Waals surface area contributed by atoms with E-state index in [0.717, 1.165) is 0 Å². The highest BCUT2D eigenvalue weighted by Gasteiger charge is 2.30. The highest BCUT2D eigenvalue weighted by atomic mass is 16.5. The van der Waals surface area contributed by atoms with Crippen molar-refractivity contribution in [2.45, 2.75) is 26.1 Å². The van der Waals surface area contributed by atoms with Crippen LogP contribution in [0.5, 0.6) is 0 Å². The Morgan fingerprint density at radius 1 is 1.33 bits per heavy atom. The summed E-state index contributed by atoms with van der Waals surface area (Å²) >= 11 is 0. The normalized spacial score (nSPS) is 24.0. The first-order chi connectivity index (χ1) is 8.49. The van der Waals surface area contributed by atoms with Crippen LogP contribution in [0.4, 0.5) is 0 Å². The Hall–Kier alpha value is -1.82. The summed E-state index contributed by atoms with van der Waals surface area (Å²) in [6.45, 7) is 4.61. The van der Waals surface area contributed by atoms with Gasteiger partial charge in [0.2, 0.25) is 5.76 Å². The van der Waals surface area contributed by atoms with Crippen molar-refractivity contribution < 1.29 is 23.8 Å². The zero-order valence-corrected chi connectivity index (χ0v) is 10.3. The lowest BCUT2D eigenvalue weighted by molar-refractivity contribution is -0.0592. The SMILES string of the molecule is C[C@@H]1CN(C(=O)c2occc2C(=O)O)C[C@H](C)O1. The maximum Gasteiger partial charge on any atom is 0.339 e. The molecule has 2 rings (SSSR count). The summed E-state index contributed by atoms with van der Waals surface area (Å²) in [5, 5.41) is 8.95. The van der Waals surface area contributed by atoms with Crippen molar-refractivity contribution in [3.05, 3.63) is 23.7 Å². The first kappa shape index (κ1) is 12.6. The number of ether oxygens (including phenoxy) is 1. The van der Waals surface area contributed by atoms with Crippen molar-refractivity contribution >= 4 is 11.9 Å². The zero-order valence-electron chi connectivity index (χ0n) is 10.3. The largest absolute Gasteiger partial charge is 0.478 e. The minimum Gasteiger partial charge on any atom is -0.478 e. The Balaban J connectivity index is 2.20. The second-order valence-corrected chi connectivity index (χ2v) is 4.44. The number of rotatable bonds is 2. The molecule has 0 bridgehead atoms. The zero-order chi connectivity index (χ0) is 13.3. The van der Waals surface area contributed by atoms with Gasteiger partial charge in [-0.25, -0.2) is 4.79 Å². The van der Waals surface area contributed by atoms with Gasteiger partial charge in [0.05, 0.1) is 18.5 Å². The third kappa shape index (κ3) is 2.38. The molecule has 6 heteroatoms. The molecular weight excluding hydrogens is 238 g/mol. The molecule has 1 saturated heterocycles. The molecule has 1 aliphatic rings. The predicted molar refractivity (Wildman–Crippen MR) is 61.6 cm³/mol. The summed E-state index contributed by atoms with van der Waals surface area (Å²) < 4.78 is 10.5. The lowest BCUT2D eigenvalue weighted by atomic mass is 10.2. The van der Waals surface area contributed by atoms with Gasteiger partial charge in [-0.2, -0.15) is 0 Å². The number of hydrogen-bond donors (Lipinski definition) is 1. The monoisotopic (exact) mass is 253 g/mol. The second kappa shape index (κ2) is 4.81. The third-order valence-electron chi connectivity index (χ3n) is 2.80. The average Bonchev–Trinajstić information content (AvgIpc) is 2.75. The number of carbonyl (C=O) groups is 2. The van der Waals surface area contributed by atoms with Gasteiger partial charge in [0.25, 0.3) is 5.91 Å². The molecular formula is C12H15NO5. The fourth-order valence-electron chi connectivity index (χ4n) is 2.13. The molecule has 0 aliphatic carbocycles. The molecule has 0 spiro atoms. The van der Waals surface area contributed by atoms with Crippen LogP contribution in [0.3, 0.4) is 0 Å². The number of carboxylic acid groups (broad SMARTS) is 1. The van der Waals surface area contributed by atoms with E-state index in [0.29, 0.717) is 13.1 Å². The van der Waals surface area contributed by atoms with Gasteiger partial charge in [0, 0.05) is 13.1 Å². The summed E-state index contributed by atoms with van der Waals surface area (Å²) in [4.78, 5) is 24.7. The fourth-order valence-corrected chi connectivity index (χ4v) is 2.13.